The molecule has 0 radical (unpaired) electrons. The molecule has 6 heteroatoms. The molecular formula is C15H12N6. The average molecular weight is 276 g/mol. The summed E-state index contributed by atoms with van der Waals surface area (Å²) in [7, 11) is 0. The molecule has 2 heterocycles. The summed E-state index contributed by atoms with van der Waals surface area (Å²) in [5.74, 6) is 0.604. The summed E-state index contributed by atoms with van der Waals surface area (Å²) in [6.45, 7) is 0.756. The zero-order chi connectivity index (χ0) is 14.1. The van der Waals surface area contributed by atoms with Crippen LogP contribution in [0.2, 0.25) is 0 Å². The van der Waals surface area contributed by atoms with Crippen molar-refractivity contribution in [2.45, 2.75) is 6.54 Å². The lowest BCUT2D eigenvalue weighted by molar-refractivity contribution is 0.824. The quantitative estimate of drug-likeness (QED) is 0.623. The normalized spacial score (nSPS) is 11.0. The van der Waals surface area contributed by atoms with Gasteiger partial charge in [0.2, 0.25) is 5.82 Å². The minimum atomic E-state index is 0.604. The molecule has 2 aromatic heterocycles. The zero-order valence-corrected chi connectivity index (χ0v) is 11.1. The molecule has 21 heavy (non-hydrogen) atoms. The Balaban J connectivity index is 1.70. The maximum absolute atomic E-state index is 4.41. The van der Waals surface area contributed by atoms with Gasteiger partial charge in [0.25, 0.3) is 0 Å². The average Bonchev–Trinajstić information content (AvgIpc) is 3.18. The molecule has 0 fully saturated rings. The summed E-state index contributed by atoms with van der Waals surface area (Å²) in [5, 5.41) is 14.1. The van der Waals surface area contributed by atoms with Gasteiger partial charge in [0.1, 0.15) is 0 Å². The highest BCUT2D eigenvalue weighted by Gasteiger charge is 2.06. The second-order valence-electron chi connectivity index (χ2n) is 4.80. The maximum Gasteiger partial charge on any atom is 0.204 e. The lowest BCUT2D eigenvalue weighted by Gasteiger charge is -2.05. The largest absolute Gasteiger partial charge is 0.326 e. The van der Waals surface area contributed by atoms with E-state index in [9.17, 15) is 0 Å². The number of imidazole rings is 1. The van der Waals surface area contributed by atoms with Gasteiger partial charge in [-0.1, -0.05) is 30.3 Å². The van der Waals surface area contributed by atoms with Crippen molar-refractivity contribution in [3.05, 3.63) is 60.4 Å². The number of aromatic amines is 1. The van der Waals surface area contributed by atoms with Crippen molar-refractivity contribution >= 4 is 11.0 Å². The van der Waals surface area contributed by atoms with E-state index in [-0.39, 0.29) is 0 Å². The molecule has 0 bridgehead atoms. The van der Waals surface area contributed by atoms with Crippen molar-refractivity contribution in [1.82, 2.24) is 30.2 Å². The second kappa shape index (κ2) is 4.82. The zero-order valence-electron chi connectivity index (χ0n) is 11.1. The molecule has 102 valence electrons. The van der Waals surface area contributed by atoms with Crippen LogP contribution >= 0.6 is 0 Å². The van der Waals surface area contributed by atoms with Gasteiger partial charge in [-0.15, -0.1) is 10.2 Å². The Morgan fingerprint density at radius 2 is 2.00 bits per heavy atom. The van der Waals surface area contributed by atoms with Crippen LogP contribution in [-0.2, 0) is 6.54 Å². The molecule has 0 aliphatic heterocycles. The van der Waals surface area contributed by atoms with Crippen molar-refractivity contribution in [2.24, 2.45) is 0 Å². The first-order chi connectivity index (χ1) is 10.4. The summed E-state index contributed by atoms with van der Waals surface area (Å²) in [6, 6.07) is 16.2. The molecule has 0 aliphatic rings. The number of tetrazole rings is 1. The second-order valence-corrected chi connectivity index (χ2v) is 4.80. The van der Waals surface area contributed by atoms with Crippen LogP contribution in [0.25, 0.3) is 22.4 Å². The van der Waals surface area contributed by atoms with E-state index in [0.717, 1.165) is 23.1 Å². The molecule has 0 saturated carbocycles. The SMILES string of the molecule is c1cc(Cn2cnc3ccccc32)cc(-c2nn[nH]n2)c1. The Kier molecular flexibility index (Phi) is 2.71. The highest BCUT2D eigenvalue weighted by atomic mass is 15.5. The fraction of sp³-hybridized carbons (Fsp3) is 0.0667. The van der Waals surface area contributed by atoms with Crippen molar-refractivity contribution < 1.29 is 0 Å². The molecular weight excluding hydrogens is 264 g/mol. The lowest BCUT2D eigenvalue weighted by atomic mass is 10.1. The standard InChI is InChI=1S/C15H12N6/c1-2-7-14-13(6-1)16-10-21(14)9-11-4-3-5-12(8-11)15-17-19-20-18-15/h1-8,10H,9H2,(H,17,18,19,20). The third-order valence-corrected chi connectivity index (χ3v) is 3.41. The lowest BCUT2D eigenvalue weighted by Crippen LogP contribution is -1.98. The first kappa shape index (κ1) is 11.8. The van der Waals surface area contributed by atoms with E-state index in [1.807, 2.05) is 36.7 Å². The van der Waals surface area contributed by atoms with Crippen molar-refractivity contribution in [1.29, 1.82) is 0 Å². The number of aromatic nitrogens is 6. The molecule has 0 spiro atoms. The molecule has 6 nitrogen and oxygen atoms in total. The highest BCUT2D eigenvalue weighted by Crippen LogP contribution is 2.18. The van der Waals surface area contributed by atoms with Gasteiger partial charge in [0.05, 0.1) is 17.4 Å². The smallest absolute Gasteiger partial charge is 0.204 e. The molecule has 0 amide bonds. The summed E-state index contributed by atoms with van der Waals surface area (Å²) in [5.41, 5.74) is 4.25. The van der Waals surface area contributed by atoms with Crippen LogP contribution in [0.15, 0.2) is 54.9 Å². The number of nitrogens with one attached hydrogen (secondary N) is 1. The van der Waals surface area contributed by atoms with Crippen LogP contribution in [0.3, 0.4) is 0 Å². The Labute approximate surface area is 120 Å². The van der Waals surface area contributed by atoms with Gasteiger partial charge in [0, 0.05) is 12.1 Å². The Morgan fingerprint density at radius 1 is 1.05 bits per heavy atom. The van der Waals surface area contributed by atoms with Gasteiger partial charge < -0.3 is 4.57 Å². The number of nitrogens with zero attached hydrogens (tertiary/aromatic N) is 5. The first-order valence-corrected chi connectivity index (χ1v) is 6.63. The fourth-order valence-electron chi connectivity index (χ4n) is 2.43. The van der Waals surface area contributed by atoms with E-state index < -0.39 is 0 Å². The first-order valence-electron chi connectivity index (χ1n) is 6.63. The monoisotopic (exact) mass is 276 g/mol. The Hall–Kier alpha value is -3.02. The molecule has 0 saturated heterocycles. The summed E-state index contributed by atoms with van der Waals surface area (Å²) in [6.07, 6.45) is 1.87. The van der Waals surface area contributed by atoms with E-state index in [0.29, 0.717) is 5.82 Å². The maximum atomic E-state index is 4.41. The van der Waals surface area contributed by atoms with Crippen LogP contribution in [0.1, 0.15) is 5.56 Å². The van der Waals surface area contributed by atoms with Crippen LogP contribution in [0.5, 0.6) is 0 Å². The molecule has 1 N–H and O–H groups in total. The summed E-state index contributed by atoms with van der Waals surface area (Å²) >= 11 is 0. The van der Waals surface area contributed by atoms with Gasteiger partial charge in [-0.3, -0.25) is 0 Å². The van der Waals surface area contributed by atoms with E-state index >= 15 is 0 Å². The molecule has 2 aromatic carbocycles. The number of benzene rings is 2. The van der Waals surface area contributed by atoms with Crippen molar-refractivity contribution in [2.75, 3.05) is 0 Å². The number of H-pyrrole nitrogens is 1. The Bertz CT molecular complexity index is 878. The molecule has 4 rings (SSSR count). The molecule has 4 aromatic rings. The van der Waals surface area contributed by atoms with Gasteiger partial charge >= 0.3 is 0 Å². The number of hydrogen-bond acceptors (Lipinski definition) is 4. The van der Waals surface area contributed by atoms with Crippen LogP contribution in [0.4, 0.5) is 0 Å². The highest BCUT2D eigenvalue weighted by molar-refractivity contribution is 5.75. The van der Waals surface area contributed by atoms with Gasteiger partial charge in [-0.05, 0) is 29.0 Å². The Morgan fingerprint density at radius 3 is 2.90 bits per heavy atom. The minimum Gasteiger partial charge on any atom is -0.326 e. The van der Waals surface area contributed by atoms with Crippen LogP contribution < -0.4 is 0 Å². The van der Waals surface area contributed by atoms with E-state index in [1.165, 1.54) is 5.56 Å². The summed E-state index contributed by atoms with van der Waals surface area (Å²) < 4.78 is 2.13. The number of para-hydroxylation sites is 2. The van der Waals surface area contributed by atoms with Gasteiger partial charge in [-0.25, -0.2) is 4.98 Å². The number of fused-ring (bicyclic) bond motifs is 1. The number of hydrogen-bond donors (Lipinski definition) is 1. The van der Waals surface area contributed by atoms with Crippen molar-refractivity contribution in [3.8, 4) is 11.4 Å². The van der Waals surface area contributed by atoms with E-state index in [1.54, 1.807) is 0 Å². The third-order valence-electron chi connectivity index (χ3n) is 3.41. The predicted molar refractivity (Wildman–Crippen MR) is 78.4 cm³/mol. The van der Waals surface area contributed by atoms with Crippen LogP contribution in [0, 0.1) is 0 Å². The predicted octanol–water partition coefficient (Wildman–Crippen LogP) is 2.26. The van der Waals surface area contributed by atoms with Crippen molar-refractivity contribution in [3.63, 3.8) is 0 Å². The van der Waals surface area contributed by atoms with E-state index in [4.69, 9.17) is 0 Å². The molecule has 0 aliphatic carbocycles. The van der Waals surface area contributed by atoms with Gasteiger partial charge in [0.15, 0.2) is 0 Å². The number of rotatable bonds is 3. The topological polar surface area (TPSA) is 72.3 Å². The fourth-order valence-corrected chi connectivity index (χ4v) is 2.43. The molecule has 0 unspecified atom stereocenters. The minimum absolute atomic E-state index is 0.604. The van der Waals surface area contributed by atoms with E-state index in [2.05, 4.69) is 48.4 Å². The summed E-state index contributed by atoms with van der Waals surface area (Å²) in [4.78, 5) is 4.41. The van der Waals surface area contributed by atoms with Crippen LogP contribution in [-0.4, -0.2) is 30.2 Å². The molecule has 0 atom stereocenters. The van der Waals surface area contributed by atoms with Gasteiger partial charge in [-0.2, -0.15) is 5.21 Å². The third kappa shape index (κ3) is 2.16.